The largest absolute Gasteiger partial charge is 0.494 e. The minimum absolute atomic E-state index is 0.0325. The number of ether oxygens (including phenoxy) is 2. The number of esters is 1. The molecule has 0 fully saturated rings. The van der Waals surface area contributed by atoms with Gasteiger partial charge in [-0.1, -0.05) is 43.0 Å². The van der Waals surface area contributed by atoms with E-state index in [2.05, 4.69) is 23.6 Å². The molecule has 2 N–H and O–H groups in total. The van der Waals surface area contributed by atoms with Crippen LogP contribution in [-0.4, -0.2) is 37.3 Å². The van der Waals surface area contributed by atoms with Gasteiger partial charge in [0.25, 0.3) is 0 Å². The van der Waals surface area contributed by atoms with Crippen molar-refractivity contribution in [1.82, 2.24) is 5.32 Å². The molecule has 1 heterocycles. The zero-order valence-electron chi connectivity index (χ0n) is 19.8. The number of rotatable bonds is 9. The lowest BCUT2D eigenvalue weighted by molar-refractivity contribution is -0.150. The van der Waals surface area contributed by atoms with Crippen molar-refractivity contribution in [2.45, 2.75) is 26.2 Å². The van der Waals surface area contributed by atoms with E-state index in [9.17, 15) is 19.6 Å². The molecule has 2 amide bonds. The Morgan fingerprint density at radius 1 is 1.11 bits per heavy atom. The van der Waals surface area contributed by atoms with Crippen LogP contribution in [0.4, 0.5) is 5.69 Å². The number of methoxy groups -OCH3 is 1. The fourth-order valence-electron chi connectivity index (χ4n) is 3.78. The second-order valence-corrected chi connectivity index (χ2v) is 8.70. The molecule has 1 aliphatic rings. The van der Waals surface area contributed by atoms with Gasteiger partial charge in [-0.3, -0.25) is 14.4 Å². The summed E-state index contributed by atoms with van der Waals surface area (Å²) >= 11 is 1.04. The van der Waals surface area contributed by atoms with Crippen LogP contribution < -0.4 is 15.4 Å². The molecule has 9 heteroatoms. The van der Waals surface area contributed by atoms with Gasteiger partial charge in [-0.15, -0.1) is 0 Å². The predicted molar refractivity (Wildman–Crippen MR) is 134 cm³/mol. The van der Waals surface area contributed by atoms with Crippen LogP contribution in [-0.2, 0) is 25.5 Å². The summed E-state index contributed by atoms with van der Waals surface area (Å²) in [5, 5.41) is 15.7. The van der Waals surface area contributed by atoms with Crippen molar-refractivity contribution in [2.75, 3.05) is 24.8 Å². The lowest BCUT2D eigenvalue weighted by Gasteiger charge is -2.31. The monoisotopic (exact) mass is 493 g/mol. The van der Waals surface area contributed by atoms with Gasteiger partial charge in [-0.2, -0.15) is 5.26 Å². The van der Waals surface area contributed by atoms with Gasteiger partial charge in [0.05, 0.1) is 36.1 Å². The first-order valence-electron chi connectivity index (χ1n) is 11.2. The third kappa shape index (κ3) is 6.22. The Kier molecular flexibility index (Phi) is 8.92. The van der Waals surface area contributed by atoms with Crippen LogP contribution in [0.25, 0.3) is 0 Å². The van der Waals surface area contributed by atoms with Crippen LogP contribution in [0.15, 0.2) is 59.1 Å². The molecule has 0 aromatic heterocycles. The first-order chi connectivity index (χ1) is 16.9. The van der Waals surface area contributed by atoms with Crippen LogP contribution in [0, 0.1) is 17.2 Å². The van der Waals surface area contributed by atoms with E-state index in [-0.39, 0.29) is 22.3 Å². The van der Waals surface area contributed by atoms with Gasteiger partial charge in [0.2, 0.25) is 11.8 Å². The number of nitriles is 1. The number of nitrogens with one attached hydrogen (secondary N) is 2. The number of anilines is 1. The van der Waals surface area contributed by atoms with Crippen LogP contribution in [0.5, 0.6) is 5.75 Å². The minimum Gasteiger partial charge on any atom is -0.494 e. The molecule has 0 saturated carbocycles. The Labute approximate surface area is 208 Å². The SMILES string of the molecule is CCOc1ccc([C@H]2C(C#N)=C(SCC(=O)Nc3ccc(CC)cc3)NC(=O)[C@@H]2C(=O)OC)cc1. The molecule has 2 atom stereocenters. The molecule has 0 aliphatic carbocycles. The van der Waals surface area contributed by atoms with E-state index in [1.54, 1.807) is 24.3 Å². The Bertz CT molecular complexity index is 1150. The van der Waals surface area contributed by atoms with Crippen molar-refractivity contribution in [3.8, 4) is 11.8 Å². The van der Waals surface area contributed by atoms with E-state index in [0.29, 0.717) is 23.6 Å². The minimum atomic E-state index is -1.23. The Hall–Kier alpha value is -3.77. The number of amides is 2. The molecule has 2 aromatic rings. The quantitative estimate of drug-likeness (QED) is 0.403. The lowest BCUT2D eigenvalue weighted by atomic mass is 9.78. The van der Waals surface area contributed by atoms with Crippen LogP contribution >= 0.6 is 11.8 Å². The van der Waals surface area contributed by atoms with Crippen LogP contribution in [0.3, 0.4) is 0 Å². The average Bonchev–Trinajstić information content (AvgIpc) is 2.87. The maximum atomic E-state index is 12.9. The molecule has 2 aromatic carbocycles. The summed E-state index contributed by atoms with van der Waals surface area (Å²) in [6.07, 6.45) is 0.900. The van der Waals surface area contributed by atoms with Gasteiger partial charge in [-0.05, 0) is 48.7 Å². The zero-order chi connectivity index (χ0) is 25.4. The predicted octanol–water partition coefficient (Wildman–Crippen LogP) is 3.76. The number of allylic oxidation sites excluding steroid dienone is 1. The molecule has 0 unspecified atom stereocenters. The first-order valence-corrected chi connectivity index (χ1v) is 12.2. The smallest absolute Gasteiger partial charge is 0.319 e. The van der Waals surface area contributed by atoms with Gasteiger partial charge in [0.1, 0.15) is 11.7 Å². The van der Waals surface area contributed by atoms with E-state index in [1.165, 1.54) is 7.11 Å². The maximum absolute atomic E-state index is 12.9. The first kappa shape index (κ1) is 25.8. The summed E-state index contributed by atoms with van der Waals surface area (Å²) in [5.41, 5.74) is 2.60. The molecule has 0 saturated heterocycles. The highest BCUT2D eigenvalue weighted by Gasteiger charge is 2.44. The standard InChI is InChI=1S/C26H27N3O5S/c1-4-16-6-10-18(11-7-16)28-21(30)15-35-25-20(14-27)22(23(24(31)29-25)26(32)33-3)17-8-12-19(13-9-17)34-5-2/h6-13,22-23H,4-5,15H2,1-3H3,(H,28,30)(H,29,31)/t22-,23+/m0/s1. The highest BCUT2D eigenvalue weighted by Crippen LogP contribution is 2.40. The lowest BCUT2D eigenvalue weighted by Crippen LogP contribution is -2.44. The molecular weight excluding hydrogens is 466 g/mol. The molecule has 3 rings (SSSR count). The van der Waals surface area contributed by atoms with Crippen molar-refractivity contribution in [2.24, 2.45) is 5.92 Å². The number of aryl methyl sites for hydroxylation is 1. The van der Waals surface area contributed by atoms with Crippen molar-refractivity contribution in [3.05, 3.63) is 70.3 Å². The average molecular weight is 494 g/mol. The van der Waals surface area contributed by atoms with Crippen molar-refractivity contribution in [1.29, 1.82) is 5.26 Å². The summed E-state index contributed by atoms with van der Waals surface area (Å²) < 4.78 is 10.3. The second kappa shape index (κ2) is 12.1. The number of hydrogen-bond donors (Lipinski definition) is 2. The molecule has 8 nitrogen and oxygen atoms in total. The number of thioether (sulfide) groups is 1. The Morgan fingerprint density at radius 2 is 1.80 bits per heavy atom. The van der Waals surface area contributed by atoms with Crippen LogP contribution in [0.1, 0.15) is 30.9 Å². The van der Waals surface area contributed by atoms with E-state index >= 15 is 0 Å². The topological polar surface area (TPSA) is 118 Å². The third-order valence-electron chi connectivity index (χ3n) is 5.53. The summed E-state index contributed by atoms with van der Waals surface area (Å²) in [6.45, 7) is 4.41. The molecule has 182 valence electrons. The van der Waals surface area contributed by atoms with Gasteiger partial charge < -0.3 is 20.1 Å². The van der Waals surface area contributed by atoms with E-state index in [1.807, 2.05) is 31.2 Å². The van der Waals surface area contributed by atoms with Gasteiger partial charge in [-0.25, -0.2) is 0 Å². The molecule has 0 spiro atoms. The van der Waals surface area contributed by atoms with Gasteiger partial charge in [0.15, 0.2) is 0 Å². The fraction of sp³-hybridized carbons (Fsp3) is 0.308. The van der Waals surface area contributed by atoms with Crippen molar-refractivity contribution >= 4 is 35.2 Å². The molecule has 1 aliphatic heterocycles. The number of hydrogen-bond acceptors (Lipinski definition) is 7. The highest BCUT2D eigenvalue weighted by molar-refractivity contribution is 8.03. The van der Waals surface area contributed by atoms with Crippen molar-refractivity contribution in [3.63, 3.8) is 0 Å². The van der Waals surface area contributed by atoms with Crippen LogP contribution in [0.2, 0.25) is 0 Å². The Balaban J connectivity index is 1.85. The summed E-state index contributed by atoms with van der Waals surface area (Å²) in [7, 11) is 1.20. The number of carbonyl (C=O) groups is 3. The molecule has 0 radical (unpaired) electrons. The molecule has 35 heavy (non-hydrogen) atoms. The van der Waals surface area contributed by atoms with E-state index in [0.717, 1.165) is 23.7 Å². The third-order valence-corrected chi connectivity index (χ3v) is 6.54. The Morgan fingerprint density at radius 3 is 2.37 bits per heavy atom. The maximum Gasteiger partial charge on any atom is 0.319 e. The zero-order valence-corrected chi connectivity index (χ0v) is 20.6. The summed E-state index contributed by atoms with van der Waals surface area (Å²) in [4.78, 5) is 37.9. The number of benzene rings is 2. The van der Waals surface area contributed by atoms with Gasteiger partial charge >= 0.3 is 5.97 Å². The fourth-order valence-corrected chi connectivity index (χ4v) is 4.62. The van der Waals surface area contributed by atoms with Gasteiger partial charge in [0, 0.05) is 11.6 Å². The summed E-state index contributed by atoms with van der Waals surface area (Å²) in [5.74, 6) is -3.11. The number of nitrogens with zero attached hydrogens (tertiary/aromatic N) is 1. The highest BCUT2D eigenvalue weighted by atomic mass is 32.2. The summed E-state index contributed by atoms with van der Waals surface area (Å²) in [6, 6.07) is 16.5. The molecular formula is C26H27N3O5S. The van der Waals surface area contributed by atoms with Crippen molar-refractivity contribution < 1.29 is 23.9 Å². The molecule has 0 bridgehead atoms. The van der Waals surface area contributed by atoms with E-state index in [4.69, 9.17) is 9.47 Å². The number of carbonyl (C=O) groups excluding carboxylic acids is 3. The second-order valence-electron chi connectivity index (χ2n) is 7.71. The normalized spacial score (nSPS) is 17.3. The van der Waals surface area contributed by atoms with E-state index < -0.39 is 23.7 Å².